The first-order chi connectivity index (χ1) is 8.25. The highest BCUT2D eigenvalue weighted by molar-refractivity contribution is 5.80. The molecule has 17 heavy (non-hydrogen) atoms. The molecule has 0 aliphatic carbocycles. The van der Waals surface area contributed by atoms with E-state index in [1.807, 2.05) is 36.4 Å². The van der Waals surface area contributed by atoms with Crippen LogP contribution in [0.25, 0.3) is 0 Å². The van der Waals surface area contributed by atoms with Gasteiger partial charge in [0.1, 0.15) is 5.75 Å². The van der Waals surface area contributed by atoms with Gasteiger partial charge in [-0.15, -0.1) is 0 Å². The van der Waals surface area contributed by atoms with Gasteiger partial charge in [0.15, 0.2) is 0 Å². The molecule has 0 fully saturated rings. The van der Waals surface area contributed by atoms with E-state index in [1.165, 1.54) is 5.56 Å². The van der Waals surface area contributed by atoms with Gasteiger partial charge in [0.25, 0.3) is 0 Å². The van der Waals surface area contributed by atoms with Gasteiger partial charge in [-0.25, -0.2) is 0 Å². The third-order valence-electron chi connectivity index (χ3n) is 2.47. The smallest absolute Gasteiger partial charge is 0.315 e. The Kier molecular flexibility index (Phi) is 3.55. The number of ether oxygens (including phenoxy) is 1. The summed E-state index contributed by atoms with van der Waals surface area (Å²) in [6, 6.07) is 17.7. The van der Waals surface area contributed by atoms with Gasteiger partial charge in [0, 0.05) is 5.56 Å². The number of carbonyl (C=O) groups excluding carboxylic acids is 1. The van der Waals surface area contributed by atoms with Crippen molar-refractivity contribution in [3.63, 3.8) is 0 Å². The van der Waals surface area contributed by atoms with Crippen molar-refractivity contribution in [2.45, 2.75) is 13.3 Å². The van der Waals surface area contributed by atoms with Crippen molar-refractivity contribution < 1.29 is 9.53 Å². The van der Waals surface area contributed by atoms with Crippen LogP contribution in [0.3, 0.4) is 0 Å². The van der Waals surface area contributed by atoms with Crippen molar-refractivity contribution in [1.29, 1.82) is 0 Å². The summed E-state index contributed by atoms with van der Waals surface area (Å²) >= 11 is 0. The predicted octanol–water partition coefficient (Wildman–Crippen LogP) is 3.14. The molecule has 0 bridgehead atoms. The Morgan fingerprint density at radius 1 is 0.941 bits per heavy atom. The molecule has 2 nitrogen and oxygen atoms in total. The molecule has 1 heterocycles. The number of para-hydroxylation sites is 1. The molecule has 1 aliphatic heterocycles. The number of esters is 1. The molecule has 0 N–H and O–H groups in total. The van der Waals surface area contributed by atoms with Crippen LogP contribution in [0.5, 0.6) is 5.75 Å². The number of benzene rings is 2. The van der Waals surface area contributed by atoms with Crippen LogP contribution in [0.15, 0.2) is 54.6 Å². The largest absolute Gasteiger partial charge is 0.426 e. The number of carbonyl (C=O) groups is 1. The standard InChI is InChI=1S/C8H6O2.C7H8/c9-8-5-6-3-1-2-4-7(6)10-8;1-7-5-3-2-4-6-7/h1-4H,5H2;2-6H,1H3. The minimum atomic E-state index is -0.152. The highest BCUT2D eigenvalue weighted by Crippen LogP contribution is 2.24. The Balaban J connectivity index is 0.000000136. The van der Waals surface area contributed by atoms with E-state index in [0.717, 1.165) is 5.56 Å². The maximum Gasteiger partial charge on any atom is 0.315 e. The summed E-state index contributed by atoms with van der Waals surface area (Å²) in [5.41, 5.74) is 2.31. The monoisotopic (exact) mass is 226 g/mol. The summed E-state index contributed by atoms with van der Waals surface area (Å²) in [7, 11) is 0. The van der Waals surface area contributed by atoms with Crippen molar-refractivity contribution in [2.75, 3.05) is 0 Å². The van der Waals surface area contributed by atoms with Gasteiger partial charge in [0.2, 0.25) is 0 Å². The molecule has 0 amide bonds. The van der Waals surface area contributed by atoms with Crippen LogP contribution in [-0.2, 0) is 11.2 Å². The second-order valence-electron chi connectivity index (χ2n) is 3.91. The Morgan fingerprint density at radius 3 is 2.18 bits per heavy atom. The minimum Gasteiger partial charge on any atom is -0.426 e. The van der Waals surface area contributed by atoms with Gasteiger partial charge in [-0.1, -0.05) is 54.1 Å². The Morgan fingerprint density at radius 2 is 1.59 bits per heavy atom. The summed E-state index contributed by atoms with van der Waals surface area (Å²) in [6.45, 7) is 2.08. The van der Waals surface area contributed by atoms with Crippen LogP contribution in [0.2, 0.25) is 0 Å². The summed E-state index contributed by atoms with van der Waals surface area (Å²) in [4.78, 5) is 10.7. The molecule has 3 rings (SSSR count). The lowest BCUT2D eigenvalue weighted by Crippen LogP contribution is -1.99. The lowest BCUT2D eigenvalue weighted by Gasteiger charge is -1.91. The van der Waals surface area contributed by atoms with Gasteiger partial charge in [0.05, 0.1) is 6.42 Å². The van der Waals surface area contributed by atoms with Crippen LogP contribution >= 0.6 is 0 Å². The van der Waals surface area contributed by atoms with Crippen molar-refractivity contribution >= 4 is 5.97 Å². The van der Waals surface area contributed by atoms with Crippen LogP contribution in [0.4, 0.5) is 0 Å². The van der Waals surface area contributed by atoms with Crippen LogP contribution in [0, 0.1) is 6.92 Å². The molecule has 2 aromatic rings. The van der Waals surface area contributed by atoms with E-state index in [0.29, 0.717) is 12.2 Å². The number of rotatable bonds is 0. The zero-order valence-electron chi connectivity index (χ0n) is 9.72. The number of aryl methyl sites for hydroxylation is 1. The summed E-state index contributed by atoms with van der Waals surface area (Å²) in [5.74, 6) is 0.564. The predicted molar refractivity (Wildman–Crippen MR) is 67.0 cm³/mol. The van der Waals surface area contributed by atoms with Gasteiger partial charge < -0.3 is 4.74 Å². The van der Waals surface area contributed by atoms with E-state index in [9.17, 15) is 4.79 Å². The first-order valence-corrected chi connectivity index (χ1v) is 5.56. The molecule has 1 aliphatic rings. The molecule has 0 radical (unpaired) electrons. The normalized spacial score (nSPS) is 12.2. The number of fused-ring (bicyclic) bond motifs is 1. The molecule has 0 spiro atoms. The molecule has 0 aromatic heterocycles. The molecule has 86 valence electrons. The van der Waals surface area contributed by atoms with Crippen molar-refractivity contribution in [2.24, 2.45) is 0 Å². The van der Waals surface area contributed by atoms with Crippen molar-refractivity contribution in [3.8, 4) is 5.75 Å². The van der Waals surface area contributed by atoms with E-state index in [1.54, 1.807) is 6.07 Å². The second kappa shape index (κ2) is 5.30. The van der Waals surface area contributed by atoms with Gasteiger partial charge >= 0.3 is 5.97 Å². The van der Waals surface area contributed by atoms with E-state index in [4.69, 9.17) is 4.74 Å². The van der Waals surface area contributed by atoms with Gasteiger partial charge in [-0.3, -0.25) is 4.79 Å². The third kappa shape index (κ3) is 3.18. The SMILES string of the molecule is Cc1ccccc1.O=C1Cc2ccccc2O1. The van der Waals surface area contributed by atoms with E-state index >= 15 is 0 Å². The lowest BCUT2D eigenvalue weighted by molar-refractivity contribution is -0.131. The first kappa shape index (κ1) is 11.4. The average molecular weight is 226 g/mol. The Labute approximate surface area is 101 Å². The Hall–Kier alpha value is -2.09. The fourth-order valence-corrected chi connectivity index (χ4v) is 1.60. The van der Waals surface area contributed by atoms with E-state index in [2.05, 4.69) is 19.1 Å². The minimum absolute atomic E-state index is 0.152. The van der Waals surface area contributed by atoms with E-state index < -0.39 is 0 Å². The molecule has 0 saturated carbocycles. The van der Waals surface area contributed by atoms with Gasteiger partial charge in [-0.05, 0) is 13.0 Å². The molecule has 0 saturated heterocycles. The van der Waals surface area contributed by atoms with Crippen LogP contribution < -0.4 is 4.74 Å². The average Bonchev–Trinajstić information content (AvgIpc) is 2.71. The fourth-order valence-electron chi connectivity index (χ4n) is 1.60. The van der Waals surface area contributed by atoms with Crippen LogP contribution in [-0.4, -0.2) is 5.97 Å². The van der Waals surface area contributed by atoms with Crippen molar-refractivity contribution in [3.05, 3.63) is 65.7 Å². The molecule has 0 unspecified atom stereocenters. The zero-order valence-corrected chi connectivity index (χ0v) is 9.72. The Bertz CT molecular complexity index is 476. The quantitative estimate of drug-likeness (QED) is 0.509. The first-order valence-electron chi connectivity index (χ1n) is 5.56. The number of hydrogen-bond acceptors (Lipinski definition) is 2. The summed E-state index contributed by atoms with van der Waals surface area (Å²) in [5, 5.41) is 0. The second-order valence-corrected chi connectivity index (χ2v) is 3.91. The summed E-state index contributed by atoms with van der Waals surface area (Å²) in [6.07, 6.45) is 0.427. The molecular weight excluding hydrogens is 212 g/mol. The fraction of sp³-hybridized carbons (Fsp3) is 0.133. The zero-order chi connectivity index (χ0) is 12.1. The maximum atomic E-state index is 10.7. The molecule has 2 heteroatoms. The maximum absolute atomic E-state index is 10.7. The highest BCUT2D eigenvalue weighted by Gasteiger charge is 2.18. The van der Waals surface area contributed by atoms with E-state index in [-0.39, 0.29) is 5.97 Å². The molecule has 2 aromatic carbocycles. The third-order valence-corrected chi connectivity index (χ3v) is 2.47. The molecular formula is C15H14O2. The lowest BCUT2D eigenvalue weighted by atomic mass is 10.2. The molecule has 0 atom stereocenters. The van der Waals surface area contributed by atoms with Crippen molar-refractivity contribution in [1.82, 2.24) is 0 Å². The number of hydrogen-bond donors (Lipinski definition) is 0. The highest BCUT2D eigenvalue weighted by atomic mass is 16.5. The van der Waals surface area contributed by atoms with Crippen LogP contribution in [0.1, 0.15) is 11.1 Å². The topological polar surface area (TPSA) is 26.3 Å². The van der Waals surface area contributed by atoms with Gasteiger partial charge in [-0.2, -0.15) is 0 Å². The summed E-state index contributed by atoms with van der Waals surface area (Å²) < 4.78 is 4.87.